The summed E-state index contributed by atoms with van der Waals surface area (Å²) in [6.07, 6.45) is 0.772. The van der Waals surface area contributed by atoms with Gasteiger partial charge in [-0.1, -0.05) is 23.2 Å². The Labute approximate surface area is 180 Å². The summed E-state index contributed by atoms with van der Waals surface area (Å²) in [7, 11) is 0. The first-order valence-electron chi connectivity index (χ1n) is 9.58. The predicted octanol–water partition coefficient (Wildman–Crippen LogP) is 4.76. The van der Waals surface area contributed by atoms with Crippen LogP contribution in [0.15, 0.2) is 36.4 Å². The van der Waals surface area contributed by atoms with E-state index in [9.17, 15) is 9.90 Å². The number of benzene rings is 2. The highest BCUT2D eigenvalue weighted by atomic mass is 35.5. The number of carbonyl (C=O) groups excluding carboxylic acids is 1. The molecule has 1 heterocycles. The fourth-order valence-corrected chi connectivity index (χ4v) is 3.74. The van der Waals surface area contributed by atoms with Crippen molar-refractivity contribution < 1.29 is 24.1 Å². The van der Waals surface area contributed by atoms with E-state index in [4.69, 9.17) is 37.4 Å². The number of rotatable bonds is 8. The van der Waals surface area contributed by atoms with E-state index in [0.29, 0.717) is 23.1 Å². The lowest BCUT2D eigenvalue weighted by Gasteiger charge is -2.26. The molecule has 1 saturated heterocycles. The number of esters is 1. The number of hydrogen-bond acceptors (Lipinski definition) is 5. The minimum atomic E-state index is -0.680. The number of halogens is 2. The topological polar surface area (TPSA) is 65.0 Å². The zero-order valence-electron chi connectivity index (χ0n) is 16.2. The van der Waals surface area contributed by atoms with Gasteiger partial charge in [-0.05, 0) is 67.3 Å². The smallest absolute Gasteiger partial charge is 0.308 e. The fraction of sp³-hybridized carbons (Fsp3) is 0.409. The molecule has 0 aromatic heterocycles. The summed E-state index contributed by atoms with van der Waals surface area (Å²) in [5.74, 6) is 1.10. The molecule has 0 radical (unpaired) electrons. The molecule has 156 valence electrons. The number of carbonyl (C=O) groups is 1. The Morgan fingerprint density at radius 2 is 1.90 bits per heavy atom. The molecule has 2 atom stereocenters. The Hall–Kier alpha value is -1.95. The van der Waals surface area contributed by atoms with Gasteiger partial charge in [-0.2, -0.15) is 0 Å². The molecule has 1 unspecified atom stereocenters. The minimum absolute atomic E-state index is 0.0370. The molecule has 29 heavy (non-hydrogen) atoms. The number of ether oxygens (including phenoxy) is 3. The Bertz CT molecular complexity index is 838. The second-order valence-corrected chi connectivity index (χ2v) is 8.01. The number of aliphatic hydroxyl groups excluding tert-OH is 1. The summed E-state index contributed by atoms with van der Waals surface area (Å²) in [6, 6.07) is 11.0. The molecule has 2 aromatic rings. The van der Waals surface area contributed by atoms with Crippen LogP contribution in [0.2, 0.25) is 10.0 Å². The van der Waals surface area contributed by atoms with Gasteiger partial charge in [-0.15, -0.1) is 0 Å². The highest BCUT2D eigenvalue weighted by molar-refractivity contribution is 6.31. The Morgan fingerprint density at radius 1 is 1.14 bits per heavy atom. The molecule has 1 N–H and O–H groups in total. The molecule has 0 saturated carbocycles. The first-order valence-corrected chi connectivity index (χ1v) is 10.3. The molecule has 1 aliphatic rings. The molecule has 3 rings (SSSR count). The SMILES string of the molecule is Cc1cc(Cl)cc(CCCOc2ccc(Cl)cc2)c1OCC1C[C@@H](O)CC(=O)O1. The van der Waals surface area contributed by atoms with E-state index >= 15 is 0 Å². The molecule has 2 aromatic carbocycles. The van der Waals surface area contributed by atoms with E-state index < -0.39 is 18.2 Å². The van der Waals surface area contributed by atoms with Gasteiger partial charge in [-0.25, -0.2) is 0 Å². The van der Waals surface area contributed by atoms with E-state index in [0.717, 1.165) is 35.5 Å². The van der Waals surface area contributed by atoms with Crippen LogP contribution >= 0.6 is 23.2 Å². The molecular weight excluding hydrogens is 415 g/mol. The largest absolute Gasteiger partial charge is 0.494 e. The van der Waals surface area contributed by atoms with Crippen LogP contribution in [0.25, 0.3) is 0 Å². The Balaban J connectivity index is 1.57. The maximum atomic E-state index is 11.5. The van der Waals surface area contributed by atoms with E-state index in [2.05, 4.69) is 0 Å². The third kappa shape index (κ3) is 6.53. The average Bonchev–Trinajstić information content (AvgIpc) is 2.65. The number of cyclic esters (lactones) is 1. The van der Waals surface area contributed by atoms with Crippen molar-refractivity contribution in [2.45, 2.75) is 44.8 Å². The van der Waals surface area contributed by atoms with Gasteiger partial charge < -0.3 is 19.3 Å². The minimum Gasteiger partial charge on any atom is -0.494 e. The van der Waals surface area contributed by atoms with Gasteiger partial charge >= 0.3 is 5.97 Å². The first kappa shape index (κ1) is 21.8. The van der Waals surface area contributed by atoms with E-state index in [1.165, 1.54) is 0 Å². The molecule has 1 fully saturated rings. The van der Waals surface area contributed by atoms with Crippen LogP contribution in [-0.4, -0.2) is 36.5 Å². The monoisotopic (exact) mass is 438 g/mol. The fourth-order valence-electron chi connectivity index (χ4n) is 3.31. The lowest BCUT2D eigenvalue weighted by Crippen LogP contribution is -2.36. The van der Waals surface area contributed by atoms with Crippen LogP contribution in [0.1, 0.15) is 30.4 Å². The van der Waals surface area contributed by atoms with E-state index in [1.54, 1.807) is 12.1 Å². The van der Waals surface area contributed by atoms with Gasteiger partial charge in [0.05, 0.1) is 19.1 Å². The standard InChI is InChI=1S/C22H24Cl2O5/c1-14-9-17(24)10-15(3-2-8-27-19-6-4-16(23)5-7-19)22(14)28-13-20-11-18(25)12-21(26)29-20/h4-7,9-10,18,20,25H,2-3,8,11-13H2,1H3/t18-,20?/m1/s1. The molecule has 5 nitrogen and oxygen atoms in total. The second-order valence-electron chi connectivity index (χ2n) is 7.13. The van der Waals surface area contributed by atoms with Crippen LogP contribution in [0.5, 0.6) is 11.5 Å². The first-order chi connectivity index (χ1) is 13.9. The van der Waals surface area contributed by atoms with Crippen molar-refractivity contribution in [3.05, 3.63) is 57.6 Å². The molecule has 0 bridgehead atoms. The zero-order valence-corrected chi connectivity index (χ0v) is 17.7. The third-order valence-corrected chi connectivity index (χ3v) is 5.11. The molecular formula is C22H24Cl2O5. The van der Waals surface area contributed by atoms with Crippen LogP contribution in [0, 0.1) is 6.92 Å². The predicted molar refractivity (Wildman–Crippen MR) is 112 cm³/mol. The normalized spacial score (nSPS) is 19.0. The molecule has 7 heteroatoms. The summed E-state index contributed by atoms with van der Waals surface area (Å²) in [5, 5.41) is 11.1. The maximum Gasteiger partial charge on any atom is 0.308 e. The Morgan fingerprint density at radius 3 is 2.62 bits per heavy atom. The average molecular weight is 439 g/mol. The lowest BCUT2D eigenvalue weighted by atomic mass is 10.0. The van der Waals surface area contributed by atoms with Gasteiger partial charge in [0.25, 0.3) is 0 Å². The summed E-state index contributed by atoms with van der Waals surface area (Å²) in [5.41, 5.74) is 1.88. The lowest BCUT2D eigenvalue weighted by molar-refractivity contribution is -0.162. The summed E-state index contributed by atoms with van der Waals surface area (Å²) >= 11 is 12.1. The van der Waals surface area contributed by atoms with Gasteiger partial charge in [0.15, 0.2) is 0 Å². The van der Waals surface area contributed by atoms with E-state index in [-0.39, 0.29) is 13.0 Å². The third-order valence-electron chi connectivity index (χ3n) is 4.64. The number of aryl methyl sites for hydroxylation is 2. The Kier molecular flexibility index (Phi) is 7.64. The summed E-state index contributed by atoms with van der Waals surface area (Å²) in [6.45, 7) is 2.66. The summed E-state index contributed by atoms with van der Waals surface area (Å²) < 4.78 is 17.0. The van der Waals surface area contributed by atoms with Crippen LogP contribution in [0.3, 0.4) is 0 Å². The van der Waals surface area contributed by atoms with Crippen molar-refractivity contribution in [2.75, 3.05) is 13.2 Å². The highest BCUT2D eigenvalue weighted by Gasteiger charge is 2.28. The van der Waals surface area contributed by atoms with Crippen LogP contribution < -0.4 is 9.47 Å². The van der Waals surface area contributed by atoms with Crippen molar-refractivity contribution in [3.8, 4) is 11.5 Å². The molecule has 1 aliphatic heterocycles. The van der Waals surface area contributed by atoms with Gasteiger partial charge in [0.1, 0.15) is 24.2 Å². The van der Waals surface area contributed by atoms with Crippen LogP contribution in [0.4, 0.5) is 0 Å². The van der Waals surface area contributed by atoms with Gasteiger partial charge in [0, 0.05) is 16.5 Å². The zero-order chi connectivity index (χ0) is 20.8. The molecule has 0 spiro atoms. The van der Waals surface area contributed by atoms with Crippen molar-refractivity contribution in [3.63, 3.8) is 0 Å². The van der Waals surface area contributed by atoms with Crippen molar-refractivity contribution in [1.82, 2.24) is 0 Å². The van der Waals surface area contributed by atoms with Crippen molar-refractivity contribution in [1.29, 1.82) is 0 Å². The van der Waals surface area contributed by atoms with Crippen LogP contribution in [-0.2, 0) is 16.0 Å². The van der Waals surface area contributed by atoms with Crippen molar-refractivity contribution in [2.24, 2.45) is 0 Å². The molecule has 0 aliphatic carbocycles. The molecule has 0 amide bonds. The van der Waals surface area contributed by atoms with Gasteiger partial charge in [-0.3, -0.25) is 4.79 Å². The quantitative estimate of drug-likeness (QED) is 0.475. The van der Waals surface area contributed by atoms with E-state index in [1.807, 2.05) is 31.2 Å². The maximum absolute atomic E-state index is 11.5. The van der Waals surface area contributed by atoms with Gasteiger partial charge in [0.2, 0.25) is 0 Å². The number of aliphatic hydroxyl groups is 1. The highest BCUT2D eigenvalue weighted by Crippen LogP contribution is 2.30. The number of hydrogen-bond donors (Lipinski definition) is 1. The van der Waals surface area contributed by atoms with Crippen molar-refractivity contribution >= 4 is 29.2 Å². The summed E-state index contributed by atoms with van der Waals surface area (Å²) in [4.78, 5) is 11.5. The second kappa shape index (κ2) is 10.2.